The second-order valence-electron chi connectivity index (χ2n) is 4.88. The van der Waals surface area contributed by atoms with Gasteiger partial charge in [0.05, 0.1) is 4.90 Å². The van der Waals surface area contributed by atoms with E-state index < -0.39 is 41.1 Å². The number of hydrogen-bond donors (Lipinski definition) is 4. The van der Waals surface area contributed by atoms with Gasteiger partial charge in [0.15, 0.2) is 9.84 Å². The Bertz CT molecular complexity index is 1050. The summed E-state index contributed by atoms with van der Waals surface area (Å²) in [6, 6.07) is 5.25. The summed E-state index contributed by atoms with van der Waals surface area (Å²) in [6.45, 7) is 0. The Hall–Kier alpha value is -1.60. The molecular weight excluding hydrogens is 442 g/mol. The van der Waals surface area contributed by atoms with E-state index in [1.165, 1.54) is 24.3 Å². The van der Waals surface area contributed by atoms with Crippen LogP contribution in [0, 0.1) is 0 Å². The molecule has 1 heterocycles. The zero-order chi connectivity index (χ0) is 19.5. The first-order valence-electron chi connectivity index (χ1n) is 6.72. The third-order valence-corrected chi connectivity index (χ3v) is 7.10. The van der Waals surface area contributed by atoms with Gasteiger partial charge in [-0.05, 0) is 24.3 Å². The molecule has 1 amide bonds. The number of thiocarbonyl (C=S) groups is 1. The number of rotatable bonds is 5. The highest BCUT2D eigenvalue weighted by molar-refractivity contribution is 8.11. The van der Waals surface area contributed by atoms with E-state index in [1.54, 1.807) is 0 Å². The number of halogens is 1. The average molecular weight is 454 g/mol. The molecule has 140 valence electrons. The van der Waals surface area contributed by atoms with Gasteiger partial charge in [0, 0.05) is 17.4 Å². The summed E-state index contributed by atoms with van der Waals surface area (Å²) in [4.78, 5) is 13.0. The smallest absolute Gasteiger partial charge is 0.253 e. The van der Waals surface area contributed by atoms with Crippen LogP contribution in [-0.2, 0) is 24.5 Å². The number of thiol groups is 1. The number of carbonyl (C=O) groups excluding carboxylic acids is 1. The quantitative estimate of drug-likeness (QED) is 0.303. The first-order valence-corrected chi connectivity index (χ1v) is 11.1. The Morgan fingerprint density at radius 1 is 1.08 bits per heavy atom. The molecule has 0 aliphatic rings. The zero-order valence-electron chi connectivity index (χ0n) is 12.8. The molecular formula is C13H12ClN3O5S4. The van der Waals surface area contributed by atoms with Gasteiger partial charge >= 0.3 is 0 Å². The number of amides is 1. The number of H-pyrrole nitrogens is 1. The van der Waals surface area contributed by atoms with Gasteiger partial charge in [-0.3, -0.25) is 15.6 Å². The van der Waals surface area contributed by atoms with E-state index in [0.29, 0.717) is 5.02 Å². The minimum Gasteiger partial charge on any atom is -0.365 e. The van der Waals surface area contributed by atoms with Crippen LogP contribution < -0.4 is 10.9 Å². The molecule has 0 spiro atoms. The topological polar surface area (TPSA) is 125 Å². The number of hydrogen-bond acceptors (Lipinski definition) is 6. The lowest BCUT2D eigenvalue weighted by Gasteiger charge is -2.09. The second-order valence-corrected chi connectivity index (χ2v) is 10.3. The predicted octanol–water partition coefficient (Wildman–Crippen LogP) is 1.11. The molecule has 0 aliphatic carbocycles. The average Bonchev–Trinajstić information content (AvgIpc) is 3.04. The first-order chi connectivity index (χ1) is 12.0. The minimum absolute atomic E-state index is 0.0663. The lowest BCUT2D eigenvalue weighted by atomic mass is 10.4. The lowest BCUT2D eigenvalue weighted by molar-refractivity contribution is -0.119. The summed E-state index contributed by atoms with van der Waals surface area (Å²) in [5, 5.41) is 0.331. The zero-order valence-corrected chi connectivity index (χ0v) is 16.9. The maximum atomic E-state index is 12.7. The van der Waals surface area contributed by atoms with E-state index in [1.807, 2.05) is 5.43 Å². The Morgan fingerprint density at radius 2 is 1.65 bits per heavy atom. The van der Waals surface area contributed by atoms with Crippen LogP contribution >= 0.6 is 36.4 Å². The molecule has 13 heteroatoms. The van der Waals surface area contributed by atoms with Crippen molar-refractivity contribution in [1.82, 2.24) is 15.8 Å². The van der Waals surface area contributed by atoms with Crippen molar-refractivity contribution in [3.63, 3.8) is 0 Å². The van der Waals surface area contributed by atoms with Crippen molar-refractivity contribution in [2.24, 2.45) is 0 Å². The number of nitrogens with one attached hydrogen (secondary N) is 3. The van der Waals surface area contributed by atoms with Gasteiger partial charge < -0.3 is 4.98 Å². The first kappa shape index (κ1) is 20.7. The fraction of sp³-hybridized carbons (Fsp3) is 0.0769. The van der Waals surface area contributed by atoms with Crippen LogP contribution in [0.5, 0.6) is 0 Å². The van der Waals surface area contributed by atoms with E-state index >= 15 is 0 Å². The number of aromatic nitrogens is 1. The second kappa shape index (κ2) is 7.96. The molecule has 0 unspecified atom stereocenters. The third-order valence-electron chi connectivity index (χ3n) is 3.05. The van der Waals surface area contributed by atoms with E-state index in [4.69, 9.17) is 11.6 Å². The van der Waals surface area contributed by atoms with Gasteiger partial charge in [0.1, 0.15) is 19.9 Å². The van der Waals surface area contributed by atoms with Crippen LogP contribution in [0.25, 0.3) is 0 Å². The number of aromatic amines is 1. The van der Waals surface area contributed by atoms with Crippen molar-refractivity contribution >= 4 is 66.3 Å². The molecule has 1 aromatic carbocycles. The largest absolute Gasteiger partial charge is 0.365 e. The summed E-state index contributed by atoms with van der Waals surface area (Å²) in [5.74, 6) is -1.92. The summed E-state index contributed by atoms with van der Waals surface area (Å²) < 4.78 is 50.3. The van der Waals surface area contributed by atoms with Gasteiger partial charge in [-0.15, -0.1) is 12.6 Å². The molecule has 0 fully saturated rings. The highest BCUT2D eigenvalue weighted by Gasteiger charge is 2.30. The van der Waals surface area contributed by atoms with Crippen LogP contribution in [0.2, 0.25) is 5.02 Å². The van der Waals surface area contributed by atoms with Crippen molar-refractivity contribution < 1.29 is 21.6 Å². The molecule has 0 aliphatic heterocycles. The van der Waals surface area contributed by atoms with Crippen LogP contribution in [0.1, 0.15) is 0 Å². The normalized spacial score (nSPS) is 11.8. The molecule has 0 bridgehead atoms. The number of hydrazine groups is 1. The molecule has 8 nitrogen and oxygen atoms in total. The molecule has 2 rings (SSSR count). The minimum atomic E-state index is -4.25. The van der Waals surface area contributed by atoms with Crippen molar-refractivity contribution in [2.75, 3.05) is 5.75 Å². The maximum Gasteiger partial charge on any atom is 0.253 e. The highest BCUT2D eigenvalue weighted by Crippen LogP contribution is 2.28. The lowest BCUT2D eigenvalue weighted by Crippen LogP contribution is -2.42. The fourth-order valence-electron chi connectivity index (χ4n) is 1.94. The molecule has 1 aromatic heterocycles. The number of carbonyl (C=O) groups is 1. The van der Waals surface area contributed by atoms with Crippen molar-refractivity contribution in [3.8, 4) is 0 Å². The Balaban J connectivity index is 2.36. The summed E-state index contributed by atoms with van der Waals surface area (Å²) >= 11 is 14.0. The molecule has 0 saturated heterocycles. The van der Waals surface area contributed by atoms with E-state index in [9.17, 15) is 21.6 Å². The summed E-state index contributed by atoms with van der Waals surface area (Å²) in [6.07, 6.45) is 2.04. The van der Waals surface area contributed by atoms with Gasteiger partial charge in [-0.1, -0.05) is 23.8 Å². The molecule has 26 heavy (non-hydrogen) atoms. The summed E-state index contributed by atoms with van der Waals surface area (Å²) in [7, 11) is -8.39. The SMILES string of the molecule is O=C(CS(=O)(=O)c1c[nH]cc1S(=O)(=O)c1ccc(Cl)cc1)NNC(=S)S. The van der Waals surface area contributed by atoms with Gasteiger partial charge in [-0.25, -0.2) is 16.8 Å². The molecule has 0 saturated carbocycles. The molecule has 2 aromatic rings. The highest BCUT2D eigenvalue weighted by atomic mass is 35.5. The number of sulfone groups is 2. The van der Waals surface area contributed by atoms with Crippen LogP contribution in [0.15, 0.2) is 51.3 Å². The van der Waals surface area contributed by atoms with E-state index in [-0.39, 0.29) is 9.22 Å². The van der Waals surface area contributed by atoms with E-state index in [2.05, 4.69) is 35.3 Å². The van der Waals surface area contributed by atoms with Gasteiger partial charge in [0.2, 0.25) is 9.84 Å². The van der Waals surface area contributed by atoms with Crippen molar-refractivity contribution in [3.05, 3.63) is 41.7 Å². The monoisotopic (exact) mass is 453 g/mol. The van der Waals surface area contributed by atoms with E-state index in [0.717, 1.165) is 12.4 Å². The van der Waals surface area contributed by atoms with Crippen molar-refractivity contribution in [1.29, 1.82) is 0 Å². The third kappa shape index (κ3) is 4.76. The fourth-order valence-corrected chi connectivity index (χ4v) is 5.36. The molecule has 0 atom stereocenters. The van der Waals surface area contributed by atoms with Crippen molar-refractivity contribution in [2.45, 2.75) is 14.7 Å². The summed E-state index contributed by atoms with van der Waals surface area (Å²) in [5.41, 5.74) is 4.22. The van der Waals surface area contributed by atoms with Crippen LogP contribution in [0.4, 0.5) is 0 Å². The van der Waals surface area contributed by atoms with Crippen LogP contribution in [-0.4, -0.2) is 37.8 Å². The molecule has 0 radical (unpaired) electrons. The number of benzene rings is 1. The van der Waals surface area contributed by atoms with Gasteiger partial charge in [-0.2, -0.15) is 0 Å². The standard InChI is InChI=1S/C13H12ClN3O5S4/c14-8-1-3-9(4-2-8)26(21,22)11-6-15-5-10(11)25(19,20)7-12(18)16-17-13(23)24/h1-6,15H,7H2,(H,16,18)(H2,17,23,24). The maximum absolute atomic E-state index is 12.7. The van der Waals surface area contributed by atoms with Gasteiger partial charge in [0.25, 0.3) is 5.91 Å². The molecule has 3 N–H and O–H groups in total. The Labute approximate surface area is 165 Å². The van der Waals surface area contributed by atoms with Crippen LogP contribution in [0.3, 0.4) is 0 Å². The Morgan fingerprint density at radius 3 is 2.23 bits per heavy atom. The predicted molar refractivity (Wildman–Crippen MR) is 103 cm³/mol. The Kier molecular flexibility index (Phi) is 6.34.